The summed E-state index contributed by atoms with van der Waals surface area (Å²) in [6.07, 6.45) is 3.03. The van der Waals surface area contributed by atoms with Gasteiger partial charge in [-0.3, -0.25) is 4.79 Å². The van der Waals surface area contributed by atoms with Gasteiger partial charge >= 0.3 is 0 Å². The first-order chi connectivity index (χ1) is 7.27. The van der Waals surface area contributed by atoms with Crippen molar-refractivity contribution in [1.82, 2.24) is 10.6 Å². The molecule has 4 nitrogen and oxygen atoms in total. The molecule has 15 heavy (non-hydrogen) atoms. The summed E-state index contributed by atoms with van der Waals surface area (Å²) in [4.78, 5) is 12.1. The van der Waals surface area contributed by atoms with Gasteiger partial charge in [-0.2, -0.15) is 0 Å². The minimum atomic E-state index is -0.173. The molecule has 86 valence electrons. The lowest BCUT2D eigenvalue weighted by atomic mass is 9.77. The Bertz CT molecular complexity index is 233. The van der Waals surface area contributed by atoms with Crippen LogP contribution >= 0.6 is 0 Å². The van der Waals surface area contributed by atoms with E-state index in [1.807, 2.05) is 0 Å². The zero-order chi connectivity index (χ0) is 10.7. The Morgan fingerprint density at radius 1 is 1.60 bits per heavy atom. The molecule has 0 spiro atoms. The summed E-state index contributed by atoms with van der Waals surface area (Å²) >= 11 is 0. The maximum absolute atomic E-state index is 12.1. The second-order valence-corrected chi connectivity index (χ2v) is 4.62. The second-order valence-electron chi connectivity index (χ2n) is 4.62. The van der Waals surface area contributed by atoms with E-state index >= 15 is 0 Å². The van der Waals surface area contributed by atoms with Crippen LogP contribution in [0.3, 0.4) is 0 Å². The van der Waals surface area contributed by atoms with Crippen LogP contribution in [0.25, 0.3) is 0 Å². The van der Waals surface area contributed by atoms with E-state index in [4.69, 9.17) is 4.74 Å². The smallest absolute Gasteiger partial charge is 0.227 e. The SMILES string of the molecule is CCC1(C(=O)NC2COC2)CCCNC1. The third-order valence-corrected chi connectivity index (χ3v) is 3.60. The summed E-state index contributed by atoms with van der Waals surface area (Å²) in [5.41, 5.74) is -0.173. The molecule has 0 bridgehead atoms. The van der Waals surface area contributed by atoms with Gasteiger partial charge in [0.15, 0.2) is 0 Å². The van der Waals surface area contributed by atoms with Crippen molar-refractivity contribution in [3.8, 4) is 0 Å². The number of piperidine rings is 1. The maximum atomic E-state index is 12.1. The summed E-state index contributed by atoms with van der Waals surface area (Å²) in [5.74, 6) is 0.213. The molecule has 1 atom stereocenters. The largest absolute Gasteiger partial charge is 0.377 e. The fourth-order valence-electron chi connectivity index (χ4n) is 2.28. The first-order valence-corrected chi connectivity index (χ1v) is 5.86. The lowest BCUT2D eigenvalue weighted by Gasteiger charge is -2.38. The summed E-state index contributed by atoms with van der Waals surface area (Å²) in [7, 11) is 0. The van der Waals surface area contributed by atoms with Crippen LogP contribution in [-0.2, 0) is 9.53 Å². The van der Waals surface area contributed by atoms with E-state index in [9.17, 15) is 4.79 Å². The molecule has 1 amide bonds. The van der Waals surface area contributed by atoms with Crippen molar-refractivity contribution in [2.45, 2.75) is 32.2 Å². The number of hydrogen-bond donors (Lipinski definition) is 2. The predicted octanol–water partition coefficient (Wildman–Crippen LogP) is 0.281. The first-order valence-electron chi connectivity index (χ1n) is 5.86. The van der Waals surface area contributed by atoms with Crippen molar-refractivity contribution in [3.63, 3.8) is 0 Å². The van der Waals surface area contributed by atoms with Gasteiger partial charge in [0.2, 0.25) is 5.91 Å². The average molecular weight is 212 g/mol. The van der Waals surface area contributed by atoms with Crippen LogP contribution < -0.4 is 10.6 Å². The number of hydrogen-bond acceptors (Lipinski definition) is 3. The predicted molar refractivity (Wildman–Crippen MR) is 57.6 cm³/mol. The molecule has 0 radical (unpaired) electrons. The number of rotatable bonds is 3. The van der Waals surface area contributed by atoms with Crippen LogP contribution in [0.15, 0.2) is 0 Å². The summed E-state index contributed by atoms with van der Waals surface area (Å²) in [5, 5.41) is 6.40. The highest BCUT2D eigenvalue weighted by Gasteiger charge is 2.39. The lowest BCUT2D eigenvalue weighted by Crippen LogP contribution is -2.56. The Morgan fingerprint density at radius 3 is 2.87 bits per heavy atom. The molecule has 2 rings (SSSR count). The van der Waals surface area contributed by atoms with Crippen LogP contribution in [0.4, 0.5) is 0 Å². The zero-order valence-electron chi connectivity index (χ0n) is 9.34. The molecule has 2 fully saturated rings. The maximum Gasteiger partial charge on any atom is 0.227 e. The third-order valence-electron chi connectivity index (χ3n) is 3.60. The molecule has 0 aromatic heterocycles. The van der Waals surface area contributed by atoms with Crippen molar-refractivity contribution >= 4 is 5.91 Å². The van der Waals surface area contributed by atoms with Gasteiger partial charge in [-0.1, -0.05) is 6.92 Å². The molecule has 2 heterocycles. The Kier molecular flexibility index (Phi) is 3.26. The quantitative estimate of drug-likeness (QED) is 0.706. The van der Waals surface area contributed by atoms with Crippen molar-refractivity contribution < 1.29 is 9.53 Å². The number of nitrogens with one attached hydrogen (secondary N) is 2. The van der Waals surface area contributed by atoms with Gasteiger partial charge in [0.1, 0.15) is 0 Å². The number of carbonyl (C=O) groups is 1. The Morgan fingerprint density at radius 2 is 2.40 bits per heavy atom. The highest BCUT2D eigenvalue weighted by Crippen LogP contribution is 2.30. The molecular weight excluding hydrogens is 192 g/mol. The normalized spacial score (nSPS) is 32.1. The molecule has 4 heteroatoms. The highest BCUT2D eigenvalue weighted by atomic mass is 16.5. The van der Waals surface area contributed by atoms with Crippen LogP contribution in [-0.4, -0.2) is 38.3 Å². The van der Waals surface area contributed by atoms with Crippen LogP contribution in [0.5, 0.6) is 0 Å². The molecule has 0 aromatic rings. The number of amides is 1. The molecule has 2 aliphatic heterocycles. The van der Waals surface area contributed by atoms with E-state index in [2.05, 4.69) is 17.6 Å². The van der Waals surface area contributed by atoms with E-state index in [0.29, 0.717) is 13.2 Å². The standard InChI is InChI=1S/C11H20N2O2/c1-2-11(4-3-5-12-8-11)10(14)13-9-6-15-7-9/h9,12H,2-8H2,1H3,(H,13,14). The first kappa shape index (κ1) is 10.9. The third kappa shape index (κ3) is 2.16. The van der Waals surface area contributed by atoms with E-state index in [-0.39, 0.29) is 17.4 Å². The monoisotopic (exact) mass is 212 g/mol. The molecule has 0 saturated carbocycles. The number of carbonyl (C=O) groups excluding carboxylic acids is 1. The van der Waals surface area contributed by atoms with E-state index < -0.39 is 0 Å². The van der Waals surface area contributed by atoms with Crippen LogP contribution in [0.1, 0.15) is 26.2 Å². The van der Waals surface area contributed by atoms with Gasteiger partial charge < -0.3 is 15.4 Å². The molecule has 2 saturated heterocycles. The average Bonchev–Trinajstić information content (AvgIpc) is 2.24. The van der Waals surface area contributed by atoms with E-state index in [1.165, 1.54) is 0 Å². The number of ether oxygens (including phenoxy) is 1. The van der Waals surface area contributed by atoms with Gasteiger partial charge in [-0.05, 0) is 25.8 Å². The topological polar surface area (TPSA) is 50.4 Å². The highest BCUT2D eigenvalue weighted by molar-refractivity contribution is 5.83. The molecule has 2 aliphatic rings. The fraction of sp³-hybridized carbons (Fsp3) is 0.909. The fourth-order valence-corrected chi connectivity index (χ4v) is 2.28. The van der Waals surface area contributed by atoms with Crippen LogP contribution in [0, 0.1) is 5.41 Å². The van der Waals surface area contributed by atoms with Gasteiger partial charge in [0.05, 0.1) is 24.7 Å². The minimum Gasteiger partial charge on any atom is -0.377 e. The molecule has 2 N–H and O–H groups in total. The van der Waals surface area contributed by atoms with Gasteiger partial charge in [0, 0.05) is 6.54 Å². The van der Waals surface area contributed by atoms with Gasteiger partial charge in [-0.25, -0.2) is 0 Å². The van der Waals surface area contributed by atoms with Crippen molar-refractivity contribution in [2.24, 2.45) is 5.41 Å². The Labute approximate surface area is 90.8 Å². The van der Waals surface area contributed by atoms with Crippen molar-refractivity contribution in [3.05, 3.63) is 0 Å². The summed E-state index contributed by atoms with van der Waals surface area (Å²) < 4.78 is 5.06. The molecule has 1 unspecified atom stereocenters. The molecule has 0 aliphatic carbocycles. The van der Waals surface area contributed by atoms with E-state index in [0.717, 1.165) is 32.4 Å². The minimum absolute atomic E-state index is 0.173. The molecular formula is C11H20N2O2. The van der Waals surface area contributed by atoms with Crippen molar-refractivity contribution in [2.75, 3.05) is 26.3 Å². The Hall–Kier alpha value is -0.610. The molecule has 0 aromatic carbocycles. The van der Waals surface area contributed by atoms with E-state index in [1.54, 1.807) is 0 Å². The van der Waals surface area contributed by atoms with Gasteiger partial charge in [0.25, 0.3) is 0 Å². The zero-order valence-corrected chi connectivity index (χ0v) is 9.34. The van der Waals surface area contributed by atoms with Crippen molar-refractivity contribution in [1.29, 1.82) is 0 Å². The Balaban J connectivity index is 1.93. The lowest BCUT2D eigenvalue weighted by molar-refractivity contribution is -0.136. The van der Waals surface area contributed by atoms with Gasteiger partial charge in [-0.15, -0.1) is 0 Å². The summed E-state index contributed by atoms with van der Waals surface area (Å²) in [6, 6.07) is 0.253. The van der Waals surface area contributed by atoms with Crippen LogP contribution in [0.2, 0.25) is 0 Å². The second kappa shape index (κ2) is 4.49. The summed E-state index contributed by atoms with van der Waals surface area (Å²) in [6.45, 7) is 5.33.